The van der Waals surface area contributed by atoms with Gasteiger partial charge in [-0.25, -0.2) is 4.98 Å². The average molecular weight is 446 g/mol. The standard InChI is InChI=1S/C24H19N3O2S2/c1-14-23(28)27-19-13-16(8-11-21(19)30-14)24(29)25-17-9-6-15(7-10-17)12-22-26-18-4-2-3-5-20(18)31-22/h2-11,13-14H,12H2,1H3,(H,25,29)(H,27,28). The SMILES string of the molecule is CC1Sc2ccc(C(=O)Nc3ccc(Cc4nc5ccccc5s4)cc3)cc2NC1=O. The molecular weight excluding hydrogens is 426 g/mol. The van der Waals surface area contributed by atoms with E-state index < -0.39 is 0 Å². The second kappa shape index (κ2) is 8.17. The van der Waals surface area contributed by atoms with E-state index in [0.717, 1.165) is 33.1 Å². The van der Waals surface area contributed by atoms with Crippen LogP contribution in [0.5, 0.6) is 0 Å². The van der Waals surface area contributed by atoms with E-state index in [9.17, 15) is 9.59 Å². The Morgan fingerprint density at radius 2 is 1.90 bits per heavy atom. The van der Waals surface area contributed by atoms with Crippen LogP contribution in [0.3, 0.4) is 0 Å². The van der Waals surface area contributed by atoms with E-state index in [1.54, 1.807) is 23.5 Å². The summed E-state index contributed by atoms with van der Waals surface area (Å²) in [5, 5.41) is 6.73. The molecule has 2 N–H and O–H groups in total. The highest BCUT2D eigenvalue weighted by Gasteiger charge is 2.23. The molecule has 5 rings (SSSR count). The van der Waals surface area contributed by atoms with E-state index in [1.165, 1.54) is 16.5 Å². The number of benzene rings is 3. The van der Waals surface area contributed by atoms with Crippen LogP contribution < -0.4 is 10.6 Å². The minimum atomic E-state index is -0.209. The van der Waals surface area contributed by atoms with Crippen LogP contribution in [0, 0.1) is 0 Å². The van der Waals surface area contributed by atoms with Crippen LogP contribution >= 0.6 is 23.1 Å². The molecule has 1 aliphatic rings. The van der Waals surface area contributed by atoms with Crippen LogP contribution in [0.4, 0.5) is 11.4 Å². The topological polar surface area (TPSA) is 71.1 Å². The smallest absolute Gasteiger partial charge is 0.255 e. The zero-order valence-electron chi connectivity index (χ0n) is 16.7. The first-order valence-electron chi connectivity index (χ1n) is 9.91. The van der Waals surface area contributed by atoms with Crippen molar-refractivity contribution in [3.05, 3.63) is 82.9 Å². The molecule has 0 saturated heterocycles. The second-order valence-corrected chi connectivity index (χ2v) is 9.86. The van der Waals surface area contributed by atoms with Crippen molar-refractivity contribution in [2.75, 3.05) is 10.6 Å². The number of thiazole rings is 1. The fourth-order valence-electron chi connectivity index (χ4n) is 3.43. The second-order valence-electron chi connectivity index (χ2n) is 7.36. The lowest BCUT2D eigenvalue weighted by Crippen LogP contribution is -2.26. The molecule has 1 atom stereocenters. The molecule has 0 radical (unpaired) electrons. The third-order valence-corrected chi connectivity index (χ3v) is 7.29. The Morgan fingerprint density at radius 1 is 1.10 bits per heavy atom. The Balaban J connectivity index is 1.27. The fraction of sp³-hybridized carbons (Fsp3) is 0.125. The summed E-state index contributed by atoms with van der Waals surface area (Å²) < 4.78 is 1.19. The summed E-state index contributed by atoms with van der Waals surface area (Å²) in [6.07, 6.45) is 0.758. The third-order valence-electron chi connectivity index (χ3n) is 5.08. The maximum atomic E-state index is 12.7. The number of carbonyl (C=O) groups is 2. The largest absolute Gasteiger partial charge is 0.324 e. The van der Waals surface area contributed by atoms with Crippen LogP contribution in [-0.2, 0) is 11.2 Å². The number of carbonyl (C=O) groups excluding carboxylic acids is 2. The number of fused-ring (bicyclic) bond motifs is 2. The van der Waals surface area contributed by atoms with Crippen LogP contribution in [0.1, 0.15) is 27.9 Å². The first-order valence-corrected chi connectivity index (χ1v) is 11.6. The van der Waals surface area contributed by atoms with Gasteiger partial charge in [-0.3, -0.25) is 9.59 Å². The molecule has 31 heavy (non-hydrogen) atoms. The molecule has 2 amide bonds. The van der Waals surface area contributed by atoms with Gasteiger partial charge >= 0.3 is 0 Å². The number of aromatic nitrogens is 1. The monoisotopic (exact) mass is 445 g/mol. The summed E-state index contributed by atoms with van der Waals surface area (Å²) in [7, 11) is 0. The van der Waals surface area contributed by atoms with Crippen molar-refractivity contribution >= 4 is 56.5 Å². The number of rotatable bonds is 4. The van der Waals surface area contributed by atoms with Crippen molar-refractivity contribution < 1.29 is 9.59 Å². The Labute approximate surface area is 187 Å². The van der Waals surface area contributed by atoms with Gasteiger partial charge in [0.1, 0.15) is 0 Å². The van der Waals surface area contributed by atoms with Gasteiger partial charge < -0.3 is 10.6 Å². The number of amides is 2. The molecule has 1 unspecified atom stereocenters. The summed E-state index contributed by atoms with van der Waals surface area (Å²) in [6, 6.07) is 21.3. The molecule has 7 heteroatoms. The molecule has 3 aromatic carbocycles. The molecule has 2 heterocycles. The van der Waals surface area contributed by atoms with Gasteiger partial charge in [0.05, 0.1) is 26.2 Å². The minimum absolute atomic E-state index is 0.0428. The fourth-order valence-corrected chi connectivity index (χ4v) is 5.36. The van der Waals surface area contributed by atoms with Crippen LogP contribution in [0.2, 0.25) is 0 Å². The van der Waals surface area contributed by atoms with Crippen molar-refractivity contribution in [3.8, 4) is 0 Å². The molecule has 4 aromatic rings. The molecule has 0 bridgehead atoms. The molecule has 154 valence electrons. The van der Waals surface area contributed by atoms with E-state index in [1.807, 2.05) is 55.5 Å². The lowest BCUT2D eigenvalue weighted by molar-refractivity contribution is -0.115. The van der Waals surface area contributed by atoms with Gasteiger partial charge in [0.2, 0.25) is 5.91 Å². The number of nitrogens with one attached hydrogen (secondary N) is 2. The van der Waals surface area contributed by atoms with E-state index >= 15 is 0 Å². The normalized spacial score (nSPS) is 15.4. The number of para-hydroxylation sites is 1. The molecule has 1 aromatic heterocycles. The van der Waals surface area contributed by atoms with Gasteiger partial charge in [-0.15, -0.1) is 23.1 Å². The maximum Gasteiger partial charge on any atom is 0.255 e. The lowest BCUT2D eigenvalue weighted by atomic mass is 10.1. The third kappa shape index (κ3) is 4.19. The first kappa shape index (κ1) is 19.8. The van der Waals surface area contributed by atoms with Crippen molar-refractivity contribution in [2.24, 2.45) is 0 Å². The van der Waals surface area contributed by atoms with Crippen LogP contribution in [0.25, 0.3) is 10.2 Å². The number of hydrogen-bond donors (Lipinski definition) is 2. The van der Waals surface area contributed by atoms with E-state index in [-0.39, 0.29) is 17.1 Å². The van der Waals surface area contributed by atoms with Gasteiger partial charge in [-0.05, 0) is 55.0 Å². The number of hydrogen-bond acceptors (Lipinski definition) is 5. The van der Waals surface area contributed by atoms with Gasteiger partial charge in [0.25, 0.3) is 5.91 Å². The Kier molecular flexibility index (Phi) is 5.21. The van der Waals surface area contributed by atoms with Gasteiger partial charge in [-0.1, -0.05) is 24.3 Å². The van der Waals surface area contributed by atoms with E-state index in [4.69, 9.17) is 0 Å². The quantitative estimate of drug-likeness (QED) is 0.431. The molecule has 0 fully saturated rings. The zero-order chi connectivity index (χ0) is 21.4. The highest BCUT2D eigenvalue weighted by atomic mass is 32.2. The summed E-state index contributed by atoms with van der Waals surface area (Å²) in [6.45, 7) is 1.87. The minimum Gasteiger partial charge on any atom is -0.324 e. The summed E-state index contributed by atoms with van der Waals surface area (Å²) in [4.78, 5) is 30.2. The molecule has 0 spiro atoms. The molecule has 0 aliphatic carbocycles. The summed E-state index contributed by atoms with van der Waals surface area (Å²) >= 11 is 3.20. The Morgan fingerprint density at radius 3 is 2.71 bits per heavy atom. The average Bonchev–Trinajstić information content (AvgIpc) is 3.18. The first-order chi connectivity index (χ1) is 15.0. The molecular formula is C24H19N3O2S2. The number of anilines is 2. The lowest BCUT2D eigenvalue weighted by Gasteiger charge is -2.21. The Hall–Kier alpha value is -3.16. The highest BCUT2D eigenvalue weighted by Crippen LogP contribution is 2.36. The summed E-state index contributed by atoms with van der Waals surface area (Å²) in [5.41, 5.74) is 4.09. The van der Waals surface area contributed by atoms with Gasteiger partial charge in [0, 0.05) is 22.6 Å². The van der Waals surface area contributed by atoms with Gasteiger partial charge in [-0.2, -0.15) is 0 Å². The van der Waals surface area contributed by atoms with Crippen LogP contribution in [-0.4, -0.2) is 22.0 Å². The Bertz CT molecular complexity index is 1260. The van der Waals surface area contributed by atoms with E-state index in [0.29, 0.717) is 11.3 Å². The number of thioether (sulfide) groups is 1. The van der Waals surface area contributed by atoms with Crippen molar-refractivity contribution in [3.63, 3.8) is 0 Å². The maximum absolute atomic E-state index is 12.7. The van der Waals surface area contributed by atoms with Gasteiger partial charge in [0.15, 0.2) is 0 Å². The molecule has 0 saturated carbocycles. The van der Waals surface area contributed by atoms with Crippen molar-refractivity contribution in [1.82, 2.24) is 4.98 Å². The highest BCUT2D eigenvalue weighted by molar-refractivity contribution is 8.00. The summed E-state index contributed by atoms with van der Waals surface area (Å²) in [5.74, 6) is -0.252. The molecule has 5 nitrogen and oxygen atoms in total. The predicted molar refractivity (Wildman–Crippen MR) is 127 cm³/mol. The molecule has 1 aliphatic heterocycles. The van der Waals surface area contributed by atoms with Crippen LogP contribution in [0.15, 0.2) is 71.6 Å². The van der Waals surface area contributed by atoms with E-state index in [2.05, 4.69) is 21.7 Å². The van der Waals surface area contributed by atoms with Crippen molar-refractivity contribution in [1.29, 1.82) is 0 Å². The zero-order valence-corrected chi connectivity index (χ0v) is 18.3. The predicted octanol–water partition coefficient (Wildman–Crippen LogP) is 5.57. The number of nitrogens with zero attached hydrogens (tertiary/aromatic N) is 1. The van der Waals surface area contributed by atoms with Crippen molar-refractivity contribution in [2.45, 2.75) is 23.5 Å².